The number of hydrogen-bond acceptors (Lipinski definition) is 11. The van der Waals surface area contributed by atoms with Gasteiger partial charge in [-0.05, 0) is 6.92 Å². The van der Waals surface area contributed by atoms with Gasteiger partial charge in [-0.2, -0.15) is 9.78 Å². The molecule has 1 aliphatic rings. The van der Waals surface area contributed by atoms with E-state index in [1.54, 1.807) is 6.92 Å². The Kier molecular flexibility index (Phi) is 4.97. The lowest BCUT2D eigenvalue weighted by atomic mass is 10.1. The fraction of sp³-hybridized carbons (Fsp3) is 0.615. The van der Waals surface area contributed by atoms with E-state index in [0.717, 1.165) is 4.68 Å². The average molecular weight is 371 g/mol. The van der Waals surface area contributed by atoms with Crippen LogP contribution in [0.3, 0.4) is 0 Å². The zero-order valence-corrected chi connectivity index (χ0v) is 13.6. The minimum atomic E-state index is -1.55. The summed E-state index contributed by atoms with van der Waals surface area (Å²) >= 11 is 0. The van der Waals surface area contributed by atoms with E-state index in [2.05, 4.69) is 15.4 Å². The van der Waals surface area contributed by atoms with Gasteiger partial charge in [0, 0.05) is 0 Å². The van der Waals surface area contributed by atoms with Gasteiger partial charge in [0.15, 0.2) is 23.0 Å². The van der Waals surface area contributed by atoms with Crippen LogP contribution >= 0.6 is 0 Å². The molecule has 0 spiro atoms. The molecule has 1 fully saturated rings. The van der Waals surface area contributed by atoms with Gasteiger partial charge in [-0.1, -0.05) is 5.21 Å². The summed E-state index contributed by atoms with van der Waals surface area (Å²) in [6.45, 7) is 0.344. The normalized spacial score (nSPS) is 25.7. The topological polar surface area (TPSA) is 182 Å². The largest absolute Gasteiger partial charge is 0.461 e. The Hall–Kier alpha value is -2.45. The maximum absolute atomic E-state index is 12.7. The Morgan fingerprint density at radius 1 is 1.31 bits per heavy atom. The van der Waals surface area contributed by atoms with E-state index >= 15 is 0 Å². The summed E-state index contributed by atoms with van der Waals surface area (Å²) in [4.78, 5) is 24.7. The van der Waals surface area contributed by atoms with E-state index < -0.39 is 49.4 Å². The van der Waals surface area contributed by atoms with Crippen LogP contribution in [-0.2, 0) is 16.2 Å². The average Bonchev–Trinajstić information content (AvgIpc) is 3.15. The SMILES string of the molecule is CCOC(=O)c1nn(CO)c2c(=O)n(C3OC(CO)C(O)C3O)nnc12. The Balaban J connectivity index is 2.12. The van der Waals surface area contributed by atoms with Gasteiger partial charge in [-0.3, -0.25) is 4.79 Å². The molecular formula is C13H17N5O8. The molecule has 0 aromatic carbocycles. The van der Waals surface area contributed by atoms with E-state index in [-0.39, 0.29) is 23.3 Å². The molecule has 3 heterocycles. The van der Waals surface area contributed by atoms with Crippen LogP contribution in [0.5, 0.6) is 0 Å². The van der Waals surface area contributed by atoms with Crippen LogP contribution in [0.1, 0.15) is 23.6 Å². The monoisotopic (exact) mass is 371 g/mol. The summed E-state index contributed by atoms with van der Waals surface area (Å²) in [5.41, 5.74) is -1.62. The highest BCUT2D eigenvalue weighted by Gasteiger charge is 2.45. The second-order valence-electron chi connectivity index (χ2n) is 5.48. The second kappa shape index (κ2) is 7.05. The van der Waals surface area contributed by atoms with Crippen molar-refractivity contribution in [3.63, 3.8) is 0 Å². The van der Waals surface area contributed by atoms with Crippen LogP contribution in [-0.4, -0.2) is 82.7 Å². The fourth-order valence-electron chi connectivity index (χ4n) is 2.69. The number of carbonyl (C=O) groups excluding carboxylic acids is 1. The summed E-state index contributed by atoms with van der Waals surface area (Å²) in [7, 11) is 0. The predicted octanol–water partition coefficient (Wildman–Crippen LogP) is -3.27. The zero-order chi connectivity index (χ0) is 19.0. The van der Waals surface area contributed by atoms with Gasteiger partial charge in [-0.25, -0.2) is 9.48 Å². The van der Waals surface area contributed by atoms with Gasteiger partial charge >= 0.3 is 5.97 Å². The van der Waals surface area contributed by atoms with E-state index in [4.69, 9.17) is 14.6 Å². The molecule has 0 amide bonds. The number of ether oxygens (including phenoxy) is 2. The third kappa shape index (κ3) is 2.75. The molecule has 13 nitrogen and oxygen atoms in total. The Morgan fingerprint density at radius 3 is 2.62 bits per heavy atom. The number of hydrogen-bond donors (Lipinski definition) is 4. The van der Waals surface area contributed by atoms with Gasteiger partial charge in [0.25, 0.3) is 5.56 Å². The van der Waals surface area contributed by atoms with Crippen LogP contribution in [0.25, 0.3) is 11.0 Å². The van der Waals surface area contributed by atoms with E-state index in [1.165, 1.54) is 0 Å². The molecule has 0 saturated carbocycles. The van der Waals surface area contributed by atoms with Crippen LogP contribution < -0.4 is 5.56 Å². The van der Waals surface area contributed by atoms with Crippen LogP contribution in [0, 0.1) is 0 Å². The van der Waals surface area contributed by atoms with Crippen molar-refractivity contribution in [1.82, 2.24) is 24.8 Å². The first-order valence-electron chi connectivity index (χ1n) is 7.71. The highest BCUT2D eigenvalue weighted by molar-refractivity contribution is 5.99. The van der Waals surface area contributed by atoms with Gasteiger partial charge < -0.3 is 29.9 Å². The molecule has 0 bridgehead atoms. The molecule has 2 aromatic rings. The maximum Gasteiger partial charge on any atom is 0.361 e. The number of esters is 1. The second-order valence-corrected chi connectivity index (χ2v) is 5.48. The maximum atomic E-state index is 12.7. The lowest BCUT2D eigenvalue weighted by Crippen LogP contribution is -2.37. The number of nitrogens with zero attached hydrogens (tertiary/aromatic N) is 5. The molecule has 4 N–H and O–H groups in total. The van der Waals surface area contributed by atoms with E-state index in [9.17, 15) is 24.9 Å². The standard InChI is InChI=1S/C13H17N5O8/c1-2-25-13(24)7-6-8(17(4-20)15-7)11(23)18(16-14-6)12-10(22)9(21)5(3-19)26-12/h5,9-10,12,19-22H,2-4H2,1H3. The van der Waals surface area contributed by atoms with Crippen molar-refractivity contribution in [2.24, 2.45) is 0 Å². The van der Waals surface area contributed by atoms with Gasteiger partial charge in [-0.15, -0.1) is 5.10 Å². The Morgan fingerprint density at radius 2 is 2.04 bits per heavy atom. The summed E-state index contributed by atoms with van der Waals surface area (Å²) in [6, 6.07) is 0. The molecule has 1 aliphatic heterocycles. The fourth-order valence-corrected chi connectivity index (χ4v) is 2.69. The number of aliphatic hydroxyl groups excluding tert-OH is 4. The highest BCUT2D eigenvalue weighted by atomic mass is 16.6. The highest BCUT2D eigenvalue weighted by Crippen LogP contribution is 2.27. The molecule has 26 heavy (non-hydrogen) atoms. The molecule has 142 valence electrons. The molecule has 4 unspecified atom stereocenters. The number of rotatable bonds is 5. The van der Waals surface area contributed by atoms with Crippen molar-refractivity contribution in [1.29, 1.82) is 0 Å². The van der Waals surface area contributed by atoms with Crippen molar-refractivity contribution < 1.29 is 34.7 Å². The van der Waals surface area contributed by atoms with Gasteiger partial charge in [0.05, 0.1) is 13.2 Å². The molecule has 4 atom stereocenters. The van der Waals surface area contributed by atoms with Crippen molar-refractivity contribution >= 4 is 17.0 Å². The lowest BCUT2D eigenvalue weighted by molar-refractivity contribution is -0.0620. The predicted molar refractivity (Wildman–Crippen MR) is 80.8 cm³/mol. The zero-order valence-electron chi connectivity index (χ0n) is 13.6. The minimum Gasteiger partial charge on any atom is -0.461 e. The van der Waals surface area contributed by atoms with Crippen LogP contribution in [0.2, 0.25) is 0 Å². The third-order valence-electron chi connectivity index (χ3n) is 3.94. The van der Waals surface area contributed by atoms with E-state index in [0.29, 0.717) is 4.68 Å². The quantitative estimate of drug-likeness (QED) is 0.387. The van der Waals surface area contributed by atoms with Gasteiger partial charge in [0.2, 0.25) is 0 Å². The molecule has 2 aromatic heterocycles. The summed E-state index contributed by atoms with van der Waals surface area (Å²) in [5, 5.41) is 49.6. The number of fused-ring (bicyclic) bond motifs is 1. The first kappa shape index (κ1) is 18.3. The summed E-state index contributed by atoms with van der Waals surface area (Å²) < 4.78 is 11.5. The minimum absolute atomic E-state index is 0.0688. The number of carbonyl (C=O) groups is 1. The molecule has 1 saturated heterocycles. The number of aliphatic hydroxyl groups is 4. The first-order chi connectivity index (χ1) is 12.4. The molecule has 0 aliphatic carbocycles. The van der Waals surface area contributed by atoms with Crippen molar-refractivity contribution in [3.8, 4) is 0 Å². The molecule has 3 rings (SSSR count). The lowest BCUT2D eigenvalue weighted by Gasteiger charge is -2.15. The van der Waals surface area contributed by atoms with Crippen molar-refractivity contribution in [2.75, 3.05) is 13.2 Å². The Labute approximate surface area is 145 Å². The first-order valence-corrected chi connectivity index (χ1v) is 7.71. The summed E-state index contributed by atoms with van der Waals surface area (Å²) in [5.74, 6) is -0.843. The number of aromatic nitrogens is 5. The Bertz CT molecular complexity index is 879. The molecule has 13 heteroatoms. The third-order valence-corrected chi connectivity index (χ3v) is 3.94. The van der Waals surface area contributed by atoms with Crippen LogP contribution in [0.4, 0.5) is 0 Å². The van der Waals surface area contributed by atoms with Crippen molar-refractivity contribution in [2.45, 2.75) is 38.2 Å². The smallest absolute Gasteiger partial charge is 0.361 e. The molecule has 0 radical (unpaired) electrons. The van der Waals surface area contributed by atoms with Crippen LogP contribution in [0.15, 0.2) is 4.79 Å². The van der Waals surface area contributed by atoms with Crippen molar-refractivity contribution in [3.05, 3.63) is 16.0 Å². The van der Waals surface area contributed by atoms with Gasteiger partial charge in [0.1, 0.15) is 25.0 Å². The summed E-state index contributed by atoms with van der Waals surface area (Å²) in [6.07, 6.45) is -5.52. The molecular weight excluding hydrogens is 354 g/mol. The van der Waals surface area contributed by atoms with E-state index in [1.807, 2.05) is 0 Å².